The molecule has 3 heteroatoms. The summed E-state index contributed by atoms with van der Waals surface area (Å²) < 4.78 is 0. The van der Waals surface area contributed by atoms with E-state index >= 15 is 0 Å². The fourth-order valence-electron chi connectivity index (χ4n) is 2.83. The molecule has 3 rings (SSSR count). The summed E-state index contributed by atoms with van der Waals surface area (Å²) in [6.07, 6.45) is 10.2. The Labute approximate surface area is 104 Å². The molecule has 3 nitrogen and oxygen atoms in total. The van der Waals surface area contributed by atoms with Crippen LogP contribution in [0.15, 0.2) is 0 Å². The molecule has 0 spiro atoms. The van der Waals surface area contributed by atoms with Crippen LogP contribution in [0.2, 0.25) is 0 Å². The summed E-state index contributed by atoms with van der Waals surface area (Å²) in [7, 11) is 0. The molecule has 1 saturated heterocycles. The van der Waals surface area contributed by atoms with E-state index in [9.17, 15) is 4.79 Å². The predicted octanol–water partition coefficient (Wildman–Crippen LogP) is 1.92. The second-order valence-corrected chi connectivity index (χ2v) is 6.05. The molecule has 2 aliphatic carbocycles. The zero-order valence-electron chi connectivity index (χ0n) is 10.7. The van der Waals surface area contributed by atoms with Crippen LogP contribution in [-0.4, -0.2) is 36.0 Å². The van der Waals surface area contributed by atoms with Crippen LogP contribution in [-0.2, 0) is 4.79 Å². The summed E-state index contributed by atoms with van der Waals surface area (Å²) in [5, 5.41) is 3.49. The number of nitrogens with zero attached hydrogens (tertiary/aromatic N) is 1. The molecule has 1 heterocycles. The van der Waals surface area contributed by atoms with E-state index in [2.05, 4.69) is 10.2 Å². The van der Waals surface area contributed by atoms with Gasteiger partial charge < -0.3 is 10.2 Å². The average molecular weight is 236 g/mol. The lowest BCUT2D eigenvalue weighted by Gasteiger charge is -2.33. The van der Waals surface area contributed by atoms with Gasteiger partial charge in [0.05, 0.1) is 6.04 Å². The van der Waals surface area contributed by atoms with Gasteiger partial charge in [0.25, 0.3) is 0 Å². The Bertz CT molecular complexity index is 284. The Morgan fingerprint density at radius 2 is 2.00 bits per heavy atom. The van der Waals surface area contributed by atoms with E-state index in [0.29, 0.717) is 11.9 Å². The first kappa shape index (κ1) is 11.5. The van der Waals surface area contributed by atoms with Crippen molar-refractivity contribution in [3.63, 3.8) is 0 Å². The van der Waals surface area contributed by atoms with Gasteiger partial charge in [-0.25, -0.2) is 0 Å². The normalized spacial score (nSPS) is 29.8. The minimum Gasteiger partial charge on any atom is -0.341 e. The standard InChI is InChI=1S/C14H24N2O/c17-14-13(15-12-7-8-12)4-2-10-16(14)9-1-3-11-5-6-11/h11-13,15H,1-10H2. The molecule has 0 radical (unpaired) electrons. The van der Waals surface area contributed by atoms with E-state index in [-0.39, 0.29) is 6.04 Å². The molecule has 1 atom stereocenters. The second-order valence-electron chi connectivity index (χ2n) is 6.05. The number of hydrogen-bond donors (Lipinski definition) is 1. The van der Waals surface area contributed by atoms with E-state index in [4.69, 9.17) is 0 Å². The molecule has 17 heavy (non-hydrogen) atoms. The Hall–Kier alpha value is -0.570. The lowest BCUT2D eigenvalue weighted by atomic mass is 10.0. The van der Waals surface area contributed by atoms with Gasteiger partial charge in [-0.15, -0.1) is 0 Å². The maximum atomic E-state index is 12.2. The SMILES string of the molecule is O=C1C(NC2CC2)CCCN1CCCC1CC1. The van der Waals surface area contributed by atoms with Crippen LogP contribution in [0, 0.1) is 5.92 Å². The largest absolute Gasteiger partial charge is 0.341 e. The summed E-state index contributed by atoms with van der Waals surface area (Å²) >= 11 is 0. The van der Waals surface area contributed by atoms with Crippen LogP contribution in [0.25, 0.3) is 0 Å². The molecule has 0 aromatic carbocycles. The highest BCUT2D eigenvalue weighted by Crippen LogP contribution is 2.33. The molecule has 1 amide bonds. The third-order valence-corrected chi connectivity index (χ3v) is 4.28. The maximum absolute atomic E-state index is 12.2. The van der Waals surface area contributed by atoms with Gasteiger partial charge in [-0.05, 0) is 44.4 Å². The molecule has 1 aliphatic heterocycles. The quantitative estimate of drug-likeness (QED) is 0.764. The Morgan fingerprint density at radius 3 is 2.71 bits per heavy atom. The third kappa shape index (κ3) is 3.21. The molecular formula is C14H24N2O. The lowest BCUT2D eigenvalue weighted by Crippen LogP contribution is -2.51. The minimum atomic E-state index is 0.136. The zero-order chi connectivity index (χ0) is 11.7. The van der Waals surface area contributed by atoms with Gasteiger partial charge in [-0.1, -0.05) is 12.8 Å². The number of carbonyl (C=O) groups is 1. The van der Waals surface area contributed by atoms with Crippen LogP contribution in [0.1, 0.15) is 51.4 Å². The van der Waals surface area contributed by atoms with Gasteiger partial charge >= 0.3 is 0 Å². The first-order valence-corrected chi connectivity index (χ1v) is 7.38. The average Bonchev–Trinajstić information content (AvgIpc) is 3.17. The van der Waals surface area contributed by atoms with Crippen molar-refractivity contribution in [2.24, 2.45) is 5.92 Å². The highest BCUT2D eigenvalue weighted by Gasteiger charge is 2.33. The summed E-state index contributed by atoms with van der Waals surface area (Å²) in [4.78, 5) is 14.3. The van der Waals surface area contributed by atoms with Gasteiger partial charge in [-0.2, -0.15) is 0 Å². The van der Waals surface area contributed by atoms with Gasteiger partial charge in [0, 0.05) is 19.1 Å². The van der Waals surface area contributed by atoms with Crippen LogP contribution >= 0.6 is 0 Å². The van der Waals surface area contributed by atoms with Crippen molar-refractivity contribution in [2.45, 2.75) is 63.5 Å². The highest BCUT2D eigenvalue weighted by molar-refractivity contribution is 5.82. The van der Waals surface area contributed by atoms with E-state index in [0.717, 1.165) is 25.4 Å². The fourth-order valence-corrected chi connectivity index (χ4v) is 2.83. The number of hydrogen-bond acceptors (Lipinski definition) is 2. The van der Waals surface area contributed by atoms with Gasteiger partial charge in [0.2, 0.25) is 5.91 Å². The molecule has 0 aromatic rings. The lowest BCUT2D eigenvalue weighted by molar-refractivity contribution is -0.136. The van der Waals surface area contributed by atoms with Crippen molar-refractivity contribution in [3.8, 4) is 0 Å². The van der Waals surface area contributed by atoms with Gasteiger partial charge in [0.1, 0.15) is 0 Å². The molecule has 3 aliphatic rings. The van der Waals surface area contributed by atoms with Crippen molar-refractivity contribution < 1.29 is 4.79 Å². The molecule has 0 bridgehead atoms. The van der Waals surface area contributed by atoms with Gasteiger partial charge in [0.15, 0.2) is 0 Å². The Kier molecular flexibility index (Phi) is 3.37. The number of piperidine rings is 1. The topological polar surface area (TPSA) is 32.3 Å². The number of nitrogens with one attached hydrogen (secondary N) is 1. The number of carbonyl (C=O) groups excluding carboxylic acids is 1. The first-order valence-electron chi connectivity index (χ1n) is 7.38. The van der Waals surface area contributed by atoms with E-state index < -0.39 is 0 Å². The molecule has 1 N–H and O–H groups in total. The van der Waals surface area contributed by atoms with E-state index in [1.165, 1.54) is 44.9 Å². The van der Waals surface area contributed by atoms with Crippen molar-refractivity contribution in [2.75, 3.05) is 13.1 Å². The van der Waals surface area contributed by atoms with Gasteiger partial charge in [-0.3, -0.25) is 4.79 Å². The monoisotopic (exact) mass is 236 g/mol. The van der Waals surface area contributed by atoms with Crippen molar-refractivity contribution in [3.05, 3.63) is 0 Å². The van der Waals surface area contributed by atoms with Crippen molar-refractivity contribution in [1.29, 1.82) is 0 Å². The number of amides is 1. The van der Waals surface area contributed by atoms with Crippen molar-refractivity contribution in [1.82, 2.24) is 10.2 Å². The van der Waals surface area contributed by atoms with Crippen LogP contribution in [0.4, 0.5) is 0 Å². The van der Waals surface area contributed by atoms with Crippen molar-refractivity contribution >= 4 is 5.91 Å². The van der Waals surface area contributed by atoms with E-state index in [1.54, 1.807) is 0 Å². The summed E-state index contributed by atoms with van der Waals surface area (Å²) in [6, 6.07) is 0.785. The summed E-state index contributed by atoms with van der Waals surface area (Å²) in [6.45, 7) is 1.99. The second kappa shape index (κ2) is 4.97. The molecule has 3 fully saturated rings. The number of likely N-dealkylation sites (tertiary alicyclic amines) is 1. The molecule has 0 aromatic heterocycles. The predicted molar refractivity (Wildman–Crippen MR) is 67.7 cm³/mol. The zero-order valence-corrected chi connectivity index (χ0v) is 10.7. The summed E-state index contributed by atoms with van der Waals surface area (Å²) in [5.41, 5.74) is 0. The molecule has 1 unspecified atom stereocenters. The maximum Gasteiger partial charge on any atom is 0.239 e. The third-order valence-electron chi connectivity index (χ3n) is 4.28. The Morgan fingerprint density at radius 1 is 1.18 bits per heavy atom. The highest BCUT2D eigenvalue weighted by atomic mass is 16.2. The summed E-state index contributed by atoms with van der Waals surface area (Å²) in [5.74, 6) is 1.37. The van der Waals surface area contributed by atoms with E-state index in [1.807, 2.05) is 0 Å². The molecule has 2 saturated carbocycles. The van der Waals surface area contributed by atoms with Crippen LogP contribution in [0.3, 0.4) is 0 Å². The minimum absolute atomic E-state index is 0.136. The number of rotatable bonds is 6. The smallest absolute Gasteiger partial charge is 0.239 e. The first-order chi connectivity index (χ1) is 8.33. The fraction of sp³-hybridized carbons (Fsp3) is 0.929. The Balaban J connectivity index is 1.43. The van der Waals surface area contributed by atoms with Crippen LogP contribution in [0.5, 0.6) is 0 Å². The van der Waals surface area contributed by atoms with Crippen LogP contribution < -0.4 is 5.32 Å². The molecular weight excluding hydrogens is 212 g/mol. The molecule has 96 valence electrons.